The molecule has 11 nitrogen and oxygen atoms in total. The highest BCUT2D eigenvalue weighted by Gasteiger charge is 2.15. The lowest BCUT2D eigenvalue weighted by molar-refractivity contribution is -0.0556. The lowest BCUT2D eigenvalue weighted by Gasteiger charge is -2.08. The van der Waals surface area contributed by atoms with Crippen LogP contribution in [0.15, 0.2) is 60.7 Å². The van der Waals surface area contributed by atoms with Crippen LogP contribution < -0.4 is 19.9 Å². The van der Waals surface area contributed by atoms with Crippen LogP contribution in [0.1, 0.15) is 28.5 Å². The van der Waals surface area contributed by atoms with Crippen LogP contribution in [-0.2, 0) is 17.8 Å². The quantitative estimate of drug-likeness (QED) is 0.284. The van der Waals surface area contributed by atoms with Gasteiger partial charge in [0.15, 0.2) is 5.69 Å². The molecule has 39 heavy (non-hydrogen) atoms. The second kappa shape index (κ2) is 13.7. The lowest BCUT2D eigenvalue weighted by Crippen LogP contribution is -2.09. The van der Waals surface area contributed by atoms with E-state index in [9.17, 15) is 18.7 Å². The number of carbonyl (C=O) groups is 1. The number of methoxy groups -OCH3 is 2. The molecule has 0 spiro atoms. The summed E-state index contributed by atoms with van der Waals surface area (Å²) < 4.78 is 46.4. The number of benzene rings is 2. The number of anilines is 1. The van der Waals surface area contributed by atoms with Gasteiger partial charge in [-0.3, -0.25) is 0 Å². The van der Waals surface area contributed by atoms with Crippen molar-refractivity contribution < 1.29 is 37.6 Å². The number of halogens is 2. The van der Waals surface area contributed by atoms with Crippen LogP contribution in [0.5, 0.6) is 23.3 Å². The second-order valence-electron chi connectivity index (χ2n) is 7.91. The summed E-state index contributed by atoms with van der Waals surface area (Å²) in [6.45, 7) is -0.291. The highest BCUT2D eigenvalue weighted by Crippen LogP contribution is 2.20. The van der Waals surface area contributed by atoms with E-state index < -0.39 is 12.6 Å². The summed E-state index contributed by atoms with van der Waals surface area (Å²) in [7, 11) is 3.16. The van der Waals surface area contributed by atoms with E-state index in [0.717, 1.165) is 16.9 Å². The number of nitrogens with two attached hydrogens (primary N) is 1. The molecule has 4 aromatic rings. The van der Waals surface area contributed by atoms with Gasteiger partial charge in [0.05, 0.1) is 33.9 Å². The lowest BCUT2D eigenvalue weighted by atomic mass is 10.2. The van der Waals surface area contributed by atoms with Gasteiger partial charge in [-0.15, -0.1) is 0 Å². The zero-order valence-electron chi connectivity index (χ0n) is 21.6. The third-order valence-electron chi connectivity index (χ3n) is 5.20. The number of esters is 1. The fourth-order valence-electron chi connectivity index (χ4n) is 3.35. The molecule has 0 radical (unpaired) electrons. The number of hydrogen-bond acceptors (Lipinski definition) is 9. The van der Waals surface area contributed by atoms with E-state index in [2.05, 4.69) is 14.9 Å². The number of rotatable bonds is 10. The first-order chi connectivity index (χ1) is 18.7. The molecule has 2 aromatic heterocycles. The maximum absolute atomic E-state index is 12.2. The number of carbonyl (C=O) groups excluding carboxylic acids is 1. The van der Waals surface area contributed by atoms with Gasteiger partial charge in [-0.25, -0.2) is 14.2 Å². The fraction of sp³-hybridized carbons (Fsp3) is 0.269. The maximum Gasteiger partial charge on any atom is 0.388 e. The van der Waals surface area contributed by atoms with Crippen molar-refractivity contribution in [1.82, 2.24) is 19.6 Å². The Morgan fingerprint density at radius 1 is 0.923 bits per heavy atom. The van der Waals surface area contributed by atoms with Crippen molar-refractivity contribution in [2.75, 3.05) is 26.6 Å². The number of aromatic hydroxyl groups is 1. The number of ether oxygens (including phenoxy) is 4. The summed E-state index contributed by atoms with van der Waals surface area (Å²) in [4.78, 5) is 11.5. The van der Waals surface area contributed by atoms with Crippen molar-refractivity contribution in [2.24, 2.45) is 0 Å². The molecular weight excluding hydrogens is 516 g/mol. The molecule has 0 aliphatic carbocycles. The topological polar surface area (TPSA) is 136 Å². The van der Waals surface area contributed by atoms with Crippen LogP contribution >= 0.6 is 0 Å². The van der Waals surface area contributed by atoms with Crippen LogP contribution in [-0.4, -0.2) is 58.1 Å². The largest absolute Gasteiger partial charge is 0.497 e. The first kappa shape index (κ1) is 28.8. The average molecular weight is 546 g/mol. The van der Waals surface area contributed by atoms with Gasteiger partial charge in [0.25, 0.3) is 0 Å². The third kappa shape index (κ3) is 8.35. The minimum absolute atomic E-state index is 0.0664. The van der Waals surface area contributed by atoms with Gasteiger partial charge in [-0.2, -0.15) is 19.0 Å². The van der Waals surface area contributed by atoms with Crippen LogP contribution in [0.25, 0.3) is 0 Å². The zero-order chi connectivity index (χ0) is 28.4. The molecule has 0 aliphatic rings. The van der Waals surface area contributed by atoms with Crippen molar-refractivity contribution in [3.63, 3.8) is 0 Å². The molecule has 0 saturated heterocycles. The molecule has 2 heterocycles. The molecule has 0 aliphatic heterocycles. The third-order valence-corrected chi connectivity index (χ3v) is 5.20. The van der Waals surface area contributed by atoms with Gasteiger partial charge in [0.1, 0.15) is 17.3 Å². The van der Waals surface area contributed by atoms with Gasteiger partial charge in [-0.1, -0.05) is 24.3 Å². The van der Waals surface area contributed by atoms with Crippen LogP contribution in [0.2, 0.25) is 0 Å². The van der Waals surface area contributed by atoms with Crippen molar-refractivity contribution in [1.29, 1.82) is 0 Å². The SMILES string of the molecule is CCOC(=O)c1cc(O)n(Cc2ccc(OC)cc2)n1.COc1ccc(Cn2nc(N)cc2OC(F)F)cc1. The Balaban J connectivity index is 0.000000216. The van der Waals surface area contributed by atoms with E-state index in [1.54, 1.807) is 33.3 Å². The van der Waals surface area contributed by atoms with Crippen molar-refractivity contribution in [3.8, 4) is 23.3 Å². The highest BCUT2D eigenvalue weighted by atomic mass is 19.3. The average Bonchev–Trinajstić information content (AvgIpc) is 3.46. The van der Waals surface area contributed by atoms with Crippen molar-refractivity contribution in [2.45, 2.75) is 26.6 Å². The Hall–Kier alpha value is -4.81. The fourth-order valence-corrected chi connectivity index (χ4v) is 3.35. The summed E-state index contributed by atoms with van der Waals surface area (Å²) in [5.41, 5.74) is 7.37. The Morgan fingerprint density at radius 3 is 1.95 bits per heavy atom. The molecule has 4 rings (SSSR count). The molecule has 13 heteroatoms. The molecule has 0 bridgehead atoms. The van der Waals surface area contributed by atoms with E-state index in [-0.39, 0.29) is 36.4 Å². The first-order valence-electron chi connectivity index (χ1n) is 11.7. The Morgan fingerprint density at radius 2 is 1.46 bits per heavy atom. The normalized spacial score (nSPS) is 10.5. The van der Waals surface area contributed by atoms with E-state index >= 15 is 0 Å². The first-order valence-corrected chi connectivity index (χ1v) is 11.7. The molecule has 0 atom stereocenters. The number of nitrogen functional groups attached to an aromatic ring is 1. The van der Waals surface area contributed by atoms with Crippen LogP contribution in [0.4, 0.5) is 14.6 Å². The van der Waals surface area contributed by atoms with Gasteiger partial charge < -0.3 is 29.8 Å². The van der Waals surface area contributed by atoms with Gasteiger partial charge in [0.2, 0.25) is 11.8 Å². The molecule has 0 unspecified atom stereocenters. The molecule has 3 N–H and O–H groups in total. The predicted octanol–water partition coefficient (Wildman–Crippen LogP) is 3.95. The maximum atomic E-state index is 12.2. The predicted molar refractivity (Wildman–Crippen MR) is 137 cm³/mol. The highest BCUT2D eigenvalue weighted by molar-refractivity contribution is 5.87. The molecule has 0 amide bonds. The minimum atomic E-state index is -2.91. The number of nitrogens with zero attached hydrogens (tertiary/aromatic N) is 4. The Kier molecular flexibility index (Phi) is 10.1. The van der Waals surface area contributed by atoms with Gasteiger partial charge in [-0.05, 0) is 42.3 Å². The summed E-state index contributed by atoms with van der Waals surface area (Å²) in [5, 5.41) is 17.7. The number of hydrogen-bond donors (Lipinski definition) is 2. The zero-order valence-corrected chi connectivity index (χ0v) is 21.6. The summed E-state index contributed by atoms with van der Waals surface area (Å²) in [6, 6.07) is 17.1. The van der Waals surface area contributed by atoms with E-state index in [0.29, 0.717) is 12.3 Å². The van der Waals surface area contributed by atoms with Gasteiger partial charge in [0, 0.05) is 12.1 Å². The minimum Gasteiger partial charge on any atom is -0.497 e. The molecule has 208 valence electrons. The van der Waals surface area contributed by atoms with Crippen molar-refractivity contribution in [3.05, 3.63) is 77.5 Å². The number of aromatic nitrogens is 4. The van der Waals surface area contributed by atoms with E-state index in [4.69, 9.17) is 19.9 Å². The second-order valence-corrected chi connectivity index (χ2v) is 7.91. The monoisotopic (exact) mass is 545 g/mol. The van der Waals surface area contributed by atoms with Crippen molar-refractivity contribution >= 4 is 11.8 Å². The smallest absolute Gasteiger partial charge is 0.388 e. The summed E-state index contributed by atoms with van der Waals surface area (Å²) >= 11 is 0. The Labute approximate surface area is 223 Å². The summed E-state index contributed by atoms with van der Waals surface area (Å²) in [6.07, 6.45) is 0. The Bertz CT molecular complexity index is 1340. The molecular formula is C26H29F2N5O6. The van der Waals surface area contributed by atoms with E-state index in [1.165, 1.54) is 21.5 Å². The molecule has 0 fully saturated rings. The standard InChI is InChI=1S/C14H16N2O4.C12H13F2N3O2/c1-3-20-14(18)12-8-13(17)16(15-12)9-10-4-6-11(19-2)7-5-10;1-18-9-4-2-8(3-5-9)7-17-11(19-12(13)14)6-10(15)16-17/h4-8,17H,3,9H2,1-2H3;2-6,12H,7H2,1H3,(H2,15,16). The molecule has 0 saturated carbocycles. The van der Waals surface area contributed by atoms with E-state index in [1.807, 2.05) is 36.4 Å². The molecule has 2 aromatic carbocycles. The van der Waals surface area contributed by atoms with Crippen LogP contribution in [0, 0.1) is 0 Å². The number of alkyl halides is 2. The summed E-state index contributed by atoms with van der Waals surface area (Å²) in [5.74, 6) is 0.908. The van der Waals surface area contributed by atoms with Gasteiger partial charge >= 0.3 is 12.6 Å². The van der Waals surface area contributed by atoms with Crippen LogP contribution in [0.3, 0.4) is 0 Å².